The van der Waals surface area contributed by atoms with Crippen molar-refractivity contribution in [3.63, 3.8) is 0 Å². The Kier molecular flexibility index (Phi) is 9.45. The van der Waals surface area contributed by atoms with Crippen LogP contribution in [0.5, 0.6) is 0 Å². The van der Waals surface area contributed by atoms with Crippen molar-refractivity contribution >= 4 is 40.2 Å². The Balaban J connectivity index is 1.26. The van der Waals surface area contributed by atoms with Crippen LogP contribution in [0.2, 0.25) is 0 Å². The predicted octanol–water partition coefficient (Wildman–Crippen LogP) is 9.08. The van der Waals surface area contributed by atoms with Crippen LogP contribution in [0.25, 0.3) is 22.2 Å². The molecule has 0 aliphatic rings. The third-order valence-electron chi connectivity index (χ3n) is 7.91. The zero-order chi connectivity index (χ0) is 31.9. The maximum atomic E-state index is 11.8. The largest absolute Gasteiger partial charge is 0.469 e. The van der Waals surface area contributed by atoms with Gasteiger partial charge in [0, 0.05) is 41.3 Å². The van der Waals surface area contributed by atoms with Gasteiger partial charge in [0.25, 0.3) is 5.69 Å². The number of rotatable bonds is 12. The lowest BCUT2D eigenvalue weighted by molar-refractivity contribution is -0.387. The summed E-state index contributed by atoms with van der Waals surface area (Å²) in [5.41, 5.74) is 7.77. The molecular formula is C38H33N3O4S. The molecule has 7 nitrogen and oxygen atoms in total. The van der Waals surface area contributed by atoms with Crippen LogP contribution in [0, 0.1) is 10.1 Å². The Morgan fingerprint density at radius 3 is 2.20 bits per heavy atom. The first-order chi connectivity index (χ1) is 22.5. The molecule has 0 aliphatic carbocycles. The van der Waals surface area contributed by atoms with Crippen LogP contribution in [-0.2, 0) is 29.0 Å². The fourth-order valence-corrected chi connectivity index (χ4v) is 6.54. The fourth-order valence-electron chi connectivity index (χ4n) is 5.48. The van der Waals surface area contributed by atoms with Gasteiger partial charge in [-0.05, 0) is 71.0 Å². The fraction of sp³-hybridized carbons (Fsp3) is 0.132. The van der Waals surface area contributed by atoms with E-state index in [4.69, 9.17) is 4.74 Å². The topological polar surface area (TPSA) is 77.6 Å². The van der Waals surface area contributed by atoms with Crippen LogP contribution in [0.15, 0.2) is 138 Å². The molecule has 0 unspecified atom stereocenters. The number of carbonyl (C=O) groups is 1. The average molecular weight is 628 g/mol. The predicted molar refractivity (Wildman–Crippen MR) is 185 cm³/mol. The molecule has 1 aromatic heterocycles. The molecule has 0 radical (unpaired) electrons. The number of hydrogen-bond donors (Lipinski definition) is 0. The number of nitro groups is 1. The minimum Gasteiger partial charge on any atom is -0.469 e. The standard InChI is InChI=1S/C38H33N3O4S/c1-45-38(42)24-21-28-19-22-33(23-20-28)40(46-37-14-8-7-13-35(37)41(43)44)27-30-17-15-29(16-18-30)26-39-34-12-6-5-11-32(34)25-36(39)31-9-3-2-4-10-31/h2-20,22-23,25H,21,24,26-27H2,1H3. The van der Waals surface area contributed by atoms with Gasteiger partial charge in [-0.25, -0.2) is 0 Å². The van der Waals surface area contributed by atoms with Crippen molar-refractivity contribution in [2.45, 2.75) is 30.8 Å². The van der Waals surface area contributed by atoms with E-state index in [-0.39, 0.29) is 16.6 Å². The number of nitro benzene ring substituents is 1. The number of anilines is 1. The molecule has 0 amide bonds. The Morgan fingerprint density at radius 1 is 0.804 bits per heavy atom. The van der Waals surface area contributed by atoms with Crippen LogP contribution >= 0.6 is 11.9 Å². The molecule has 6 aromatic rings. The van der Waals surface area contributed by atoms with Gasteiger partial charge in [0.05, 0.1) is 18.6 Å². The van der Waals surface area contributed by atoms with E-state index in [1.165, 1.54) is 52.8 Å². The second-order valence-corrected chi connectivity index (χ2v) is 12.0. The number of benzene rings is 5. The second-order valence-electron chi connectivity index (χ2n) is 11.0. The van der Waals surface area contributed by atoms with E-state index in [2.05, 4.69) is 87.7 Å². The summed E-state index contributed by atoms with van der Waals surface area (Å²) in [7, 11) is 1.39. The van der Waals surface area contributed by atoms with Crippen LogP contribution in [0.1, 0.15) is 23.1 Å². The molecule has 1 heterocycles. The van der Waals surface area contributed by atoms with Crippen molar-refractivity contribution in [1.29, 1.82) is 0 Å². The first-order valence-corrected chi connectivity index (χ1v) is 15.8. The number of para-hydroxylation sites is 2. The summed E-state index contributed by atoms with van der Waals surface area (Å²) < 4.78 is 9.20. The van der Waals surface area contributed by atoms with Gasteiger partial charge in [-0.15, -0.1) is 0 Å². The summed E-state index contributed by atoms with van der Waals surface area (Å²) in [5, 5.41) is 13.0. The Labute approximate surface area is 272 Å². The lowest BCUT2D eigenvalue weighted by Gasteiger charge is -2.24. The summed E-state index contributed by atoms with van der Waals surface area (Å²) in [6.45, 7) is 1.25. The van der Waals surface area contributed by atoms with Crippen LogP contribution in [-0.4, -0.2) is 22.6 Å². The number of esters is 1. The second kappa shape index (κ2) is 14.2. The van der Waals surface area contributed by atoms with Gasteiger partial charge in [0.1, 0.15) is 4.90 Å². The summed E-state index contributed by atoms with van der Waals surface area (Å²) in [5.74, 6) is -0.248. The highest BCUT2D eigenvalue weighted by molar-refractivity contribution is 8.00. The zero-order valence-electron chi connectivity index (χ0n) is 25.4. The number of methoxy groups -OCH3 is 1. The number of aromatic nitrogens is 1. The van der Waals surface area contributed by atoms with E-state index in [0.29, 0.717) is 24.3 Å². The number of hydrogen-bond acceptors (Lipinski definition) is 6. The van der Waals surface area contributed by atoms with E-state index < -0.39 is 0 Å². The van der Waals surface area contributed by atoms with Crippen molar-refractivity contribution in [1.82, 2.24) is 4.57 Å². The van der Waals surface area contributed by atoms with Gasteiger partial charge < -0.3 is 13.6 Å². The first-order valence-electron chi connectivity index (χ1n) is 15.0. The van der Waals surface area contributed by atoms with Crippen molar-refractivity contribution < 1.29 is 14.5 Å². The van der Waals surface area contributed by atoms with Gasteiger partial charge in [0.15, 0.2) is 0 Å². The summed E-state index contributed by atoms with van der Waals surface area (Å²) >= 11 is 1.34. The molecular weight excluding hydrogens is 595 g/mol. The number of aryl methyl sites for hydroxylation is 1. The lowest BCUT2D eigenvalue weighted by atomic mass is 10.1. The molecule has 0 fully saturated rings. The Hall–Kier alpha value is -5.34. The summed E-state index contributed by atoms with van der Waals surface area (Å²) in [6, 6.07) is 44.5. The summed E-state index contributed by atoms with van der Waals surface area (Å²) in [4.78, 5) is 23.6. The van der Waals surface area contributed by atoms with E-state index in [1.54, 1.807) is 12.1 Å². The molecule has 0 saturated carbocycles. The van der Waals surface area contributed by atoms with Gasteiger partial charge in [-0.3, -0.25) is 14.9 Å². The van der Waals surface area contributed by atoms with Gasteiger partial charge in [-0.2, -0.15) is 0 Å². The molecule has 46 heavy (non-hydrogen) atoms. The normalized spacial score (nSPS) is 11.0. The highest BCUT2D eigenvalue weighted by Crippen LogP contribution is 2.36. The molecule has 6 rings (SSSR count). The van der Waals surface area contributed by atoms with Crippen molar-refractivity contribution in [2.75, 3.05) is 11.4 Å². The third kappa shape index (κ3) is 7.14. The molecule has 5 aromatic carbocycles. The number of fused-ring (bicyclic) bond motifs is 1. The highest BCUT2D eigenvalue weighted by atomic mass is 32.2. The monoisotopic (exact) mass is 627 g/mol. The molecule has 230 valence electrons. The van der Waals surface area contributed by atoms with Crippen LogP contribution < -0.4 is 4.31 Å². The maximum absolute atomic E-state index is 11.8. The first kappa shape index (κ1) is 30.7. The van der Waals surface area contributed by atoms with E-state index in [0.717, 1.165) is 23.4 Å². The molecule has 0 N–H and O–H groups in total. The minimum atomic E-state index is -0.347. The number of ether oxygens (including phenoxy) is 1. The molecule has 0 bridgehead atoms. The van der Waals surface area contributed by atoms with Gasteiger partial charge >= 0.3 is 5.97 Å². The molecule has 0 aliphatic heterocycles. The van der Waals surface area contributed by atoms with Crippen molar-refractivity contribution in [2.24, 2.45) is 0 Å². The van der Waals surface area contributed by atoms with Crippen LogP contribution in [0.3, 0.4) is 0 Å². The molecule has 0 atom stereocenters. The number of carbonyl (C=O) groups excluding carboxylic acids is 1. The summed E-state index contributed by atoms with van der Waals surface area (Å²) in [6.07, 6.45) is 0.886. The van der Waals surface area contributed by atoms with Crippen LogP contribution in [0.4, 0.5) is 11.4 Å². The smallest absolute Gasteiger partial charge is 0.305 e. The van der Waals surface area contributed by atoms with Crippen molar-refractivity contribution in [3.8, 4) is 11.3 Å². The molecule has 8 heteroatoms. The quantitative estimate of drug-likeness (QED) is 0.0583. The minimum absolute atomic E-state index is 0.0655. The zero-order valence-corrected chi connectivity index (χ0v) is 26.2. The average Bonchev–Trinajstić information content (AvgIpc) is 3.46. The number of nitrogens with zero attached hydrogens (tertiary/aromatic N) is 3. The molecule has 0 spiro atoms. The van der Waals surface area contributed by atoms with Gasteiger partial charge in [0.2, 0.25) is 0 Å². The SMILES string of the molecule is COC(=O)CCc1ccc(N(Cc2ccc(Cn3c(-c4ccccc4)cc4ccccc43)cc2)Sc2ccccc2[N+](=O)[O-])cc1. The highest BCUT2D eigenvalue weighted by Gasteiger charge is 2.19. The molecule has 0 saturated heterocycles. The van der Waals surface area contributed by atoms with E-state index >= 15 is 0 Å². The Bertz CT molecular complexity index is 1950. The van der Waals surface area contributed by atoms with E-state index in [1.807, 2.05) is 36.4 Å². The maximum Gasteiger partial charge on any atom is 0.305 e. The van der Waals surface area contributed by atoms with Crippen molar-refractivity contribution in [3.05, 3.63) is 160 Å². The third-order valence-corrected chi connectivity index (χ3v) is 9.01. The van der Waals surface area contributed by atoms with Gasteiger partial charge in [-0.1, -0.05) is 97.1 Å². The Morgan fingerprint density at radius 2 is 1.46 bits per heavy atom. The van der Waals surface area contributed by atoms with E-state index in [9.17, 15) is 14.9 Å². The lowest BCUT2D eigenvalue weighted by Crippen LogP contribution is -2.14.